The zero-order chi connectivity index (χ0) is 24.0. The van der Waals surface area contributed by atoms with E-state index in [9.17, 15) is 18.3 Å². The maximum atomic E-state index is 13.4. The molecule has 3 N–H and O–H groups in total. The number of fused-ring (bicyclic) bond motifs is 1. The van der Waals surface area contributed by atoms with Gasteiger partial charge in [-0.1, -0.05) is 41.1 Å². The molecule has 0 saturated heterocycles. The van der Waals surface area contributed by atoms with Crippen LogP contribution >= 0.6 is 15.9 Å². The predicted octanol–water partition coefficient (Wildman–Crippen LogP) is 3.66. The molecule has 1 heterocycles. The zero-order valence-electron chi connectivity index (χ0n) is 18.6. The largest absolute Gasteiger partial charge is 0.434 e. The lowest BCUT2D eigenvalue weighted by Crippen LogP contribution is -2.33. The van der Waals surface area contributed by atoms with Gasteiger partial charge in [-0.15, -0.1) is 5.10 Å². The highest BCUT2D eigenvalue weighted by atomic mass is 79.9. The molecule has 4 rings (SSSR count). The van der Waals surface area contributed by atoms with E-state index < -0.39 is 27.4 Å². The van der Waals surface area contributed by atoms with E-state index in [4.69, 9.17) is 4.42 Å². The Bertz CT molecular complexity index is 1340. The van der Waals surface area contributed by atoms with E-state index >= 15 is 0 Å². The van der Waals surface area contributed by atoms with Crippen molar-refractivity contribution >= 4 is 26.0 Å². The van der Waals surface area contributed by atoms with E-state index in [1.165, 1.54) is 23.3 Å². The minimum Gasteiger partial charge on any atom is -0.391 e. The summed E-state index contributed by atoms with van der Waals surface area (Å²) in [7, 11) is -4.06. The Morgan fingerprint density at radius 2 is 2.00 bits per heavy atom. The van der Waals surface area contributed by atoms with E-state index in [0.717, 1.165) is 24.8 Å². The van der Waals surface area contributed by atoms with Crippen LogP contribution in [-0.4, -0.2) is 23.7 Å². The number of sulfonamides is 1. The van der Waals surface area contributed by atoms with Crippen LogP contribution in [0.25, 0.3) is 0 Å². The Hall–Kier alpha value is -2.27. The number of rotatable bonds is 7. The standard InChI is InChI=1S/C23H26BrN3O5S/c1-13(16-8-4-6-14-7-5-9-17(14)16)20(21-25-26-22(28)32-21)27-33(30,31)15-10-11-19(24)18(12-15)23(2,3)29/h4,6,8,10-13,20,27,29H,5,7,9H2,1-3H3,(H,26,28)/t13-,20+/m1/s1. The first kappa shape index (κ1) is 23.9. The predicted molar refractivity (Wildman–Crippen MR) is 126 cm³/mol. The summed E-state index contributed by atoms with van der Waals surface area (Å²) < 4.78 is 35.3. The van der Waals surface area contributed by atoms with E-state index in [2.05, 4.69) is 36.9 Å². The molecule has 0 aliphatic heterocycles. The highest BCUT2D eigenvalue weighted by molar-refractivity contribution is 9.10. The molecule has 0 fully saturated rings. The number of nitrogens with one attached hydrogen (secondary N) is 2. The second-order valence-corrected chi connectivity index (χ2v) is 11.4. The molecular formula is C23H26BrN3O5S. The summed E-state index contributed by atoms with van der Waals surface area (Å²) in [6.45, 7) is 5.05. The van der Waals surface area contributed by atoms with Crippen molar-refractivity contribution in [2.75, 3.05) is 0 Å². The molecule has 1 aliphatic carbocycles. The van der Waals surface area contributed by atoms with Gasteiger partial charge in [0, 0.05) is 10.4 Å². The average molecular weight is 536 g/mol. The third-order valence-corrected chi connectivity index (χ3v) is 8.21. The summed E-state index contributed by atoms with van der Waals surface area (Å²) in [6, 6.07) is 9.57. The Kier molecular flexibility index (Phi) is 6.38. The van der Waals surface area contributed by atoms with Gasteiger partial charge in [0.2, 0.25) is 15.9 Å². The van der Waals surface area contributed by atoms with Crippen LogP contribution < -0.4 is 10.5 Å². The number of benzene rings is 2. The number of aromatic amines is 1. The average Bonchev–Trinajstić information content (AvgIpc) is 3.39. The Labute approximate surface area is 200 Å². The molecule has 3 aromatic rings. The van der Waals surface area contributed by atoms with Crippen molar-refractivity contribution in [2.24, 2.45) is 0 Å². The number of halogens is 1. The van der Waals surface area contributed by atoms with Crippen molar-refractivity contribution in [3.63, 3.8) is 0 Å². The summed E-state index contributed by atoms with van der Waals surface area (Å²) in [5.41, 5.74) is 2.64. The minimum atomic E-state index is -4.06. The van der Waals surface area contributed by atoms with Crippen LogP contribution in [0.15, 0.2) is 55.0 Å². The molecule has 1 aliphatic rings. The normalized spacial score (nSPS) is 15.9. The molecule has 2 atom stereocenters. The Morgan fingerprint density at radius 1 is 1.24 bits per heavy atom. The number of aliphatic hydroxyl groups is 1. The van der Waals surface area contributed by atoms with Crippen LogP contribution in [-0.2, 0) is 28.5 Å². The van der Waals surface area contributed by atoms with Crippen LogP contribution in [0, 0.1) is 0 Å². The highest BCUT2D eigenvalue weighted by Crippen LogP contribution is 2.37. The first-order chi connectivity index (χ1) is 15.5. The summed E-state index contributed by atoms with van der Waals surface area (Å²) in [5, 5.41) is 16.6. The second kappa shape index (κ2) is 8.83. The maximum absolute atomic E-state index is 13.4. The molecule has 0 spiro atoms. The fourth-order valence-electron chi connectivity index (χ4n) is 4.37. The molecule has 8 nitrogen and oxygen atoms in total. The molecule has 2 aromatic carbocycles. The molecule has 0 bridgehead atoms. The lowest BCUT2D eigenvalue weighted by molar-refractivity contribution is 0.0776. The van der Waals surface area contributed by atoms with Gasteiger partial charge in [0.05, 0.1) is 10.5 Å². The summed E-state index contributed by atoms with van der Waals surface area (Å²) in [4.78, 5) is 11.7. The smallest absolute Gasteiger partial charge is 0.391 e. The van der Waals surface area contributed by atoms with Gasteiger partial charge in [0.25, 0.3) is 0 Å². The topological polar surface area (TPSA) is 125 Å². The van der Waals surface area contributed by atoms with Crippen molar-refractivity contribution in [1.29, 1.82) is 0 Å². The van der Waals surface area contributed by atoms with E-state index in [-0.39, 0.29) is 16.7 Å². The summed E-state index contributed by atoms with van der Waals surface area (Å²) in [5.74, 6) is -1.15. The van der Waals surface area contributed by atoms with Crippen LogP contribution in [0.2, 0.25) is 0 Å². The van der Waals surface area contributed by atoms with Crippen molar-refractivity contribution in [2.45, 2.75) is 62.5 Å². The number of aromatic nitrogens is 2. The number of aryl methyl sites for hydroxylation is 1. The molecule has 33 heavy (non-hydrogen) atoms. The van der Waals surface area contributed by atoms with Gasteiger partial charge >= 0.3 is 5.76 Å². The molecule has 1 aromatic heterocycles. The lowest BCUT2D eigenvalue weighted by Gasteiger charge is -2.25. The van der Waals surface area contributed by atoms with Gasteiger partial charge in [-0.2, -0.15) is 4.72 Å². The number of hydrogen-bond donors (Lipinski definition) is 3. The van der Waals surface area contributed by atoms with E-state index in [1.54, 1.807) is 19.9 Å². The third-order valence-electron chi connectivity index (χ3n) is 6.08. The summed E-state index contributed by atoms with van der Waals surface area (Å²) in [6.07, 6.45) is 2.95. The van der Waals surface area contributed by atoms with Gasteiger partial charge in [-0.25, -0.2) is 18.3 Å². The molecular weight excluding hydrogens is 510 g/mol. The first-order valence-electron chi connectivity index (χ1n) is 10.7. The number of nitrogens with zero attached hydrogens (tertiary/aromatic N) is 1. The maximum Gasteiger partial charge on any atom is 0.434 e. The molecule has 0 radical (unpaired) electrons. The van der Waals surface area contributed by atoms with Gasteiger partial charge in [0.1, 0.15) is 6.04 Å². The van der Waals surface area contributed by atoms with Gasteiger partial charge < -0.3 is 9.52 Å². The van der Waals surface area contributed by atoms with Crippen LogP contribution in [0.3, 0.4) is 0 Å². The van der Waals surface area contributed by atoms with Gasteiger partial charge in [-0.05, 0) is 73.6 Å². The fourth-order valence-corrected chi connectivity index (χ4v) is 6.40. The molecule has 0 amide bonds. The van der Waals surface area contributed by atoms with Crippen molar-refractivity contribution in [1.82, 2.24) is 14.9 Å². The van der Waals surface area contributed by atoms with Crippen molar-refractivity contribution < 1.29 is 17.9 Å². The van der Waals surface area contributed by atoms with Gasteiger partial charge in [-0.3, -0.25) is 0 Å². The lowest BCUT2D eigenvalue weighted by atomic mass is 9.88. The third kappa shape index (κ3) is 4.84. The minimum absolute atomic E-state index is 0.0174. The van der Waals surface area contributed by atoms with Crippen LogP contribution in [0.5, 0.6) is 0 Å². The van der Waals surface area contributed by atoms with E-state index in [1.807, 2.05) is 19.1 Å². The molecule has 10 heteroatoms. The number of H-pyrrole nitrogens is 1. The van der Waals surface area contributed by atoms with E-state index in [0.29, 0.717) is 10.0 Å². The van der Waals surface area contributed by atoms with Crippen LogP contribution in [0.1, 0.15) is 67.3 Å². The van der Waals surface area contributed by atoms with Crippen molar-refractivity contribution in [3.8, 4) is 0 Å². The van der Waals surface area contributed by atoms with Gasteiger partial charge in [0.15, 0.2) is 0 Å². The zero-order valence-corrected chi connectivity index (χ0v) is 21.0. The Morgan fingerprint density at radius 3 is 2.67 bits per heavy atom. The molecule has 0 saturated carbocycles. The SMILES string of the molecule is C[C@H](c1cccc2c1CCC2)[C@H](NS(=O)(=O)c1ccc(Br)c(C(C)(C)O)c1)c1n[nH]c(=O)o1. The molecule has 0 unspecified atom stereocenters. The van der Waals surface area contributed by atoms with Crippen LogP contribution in [0.4, 0.5) is 0 Å². The first-order valence-corrected chi connectivity index (χ1v) is 13.0. The quantitative estimate of drug-likeness (QED) is 0.423. The fraction of sp³-hybridized carbons (Fsp3) is 0.391. The monoisotopic (exact) mass is 535 g/mol. The molecule has 176 valence electrons. The second-order valence-electron chi connectivity index (χ2n) is 8.88. The van der Waals surface area contributed by atoms with Crippen molar-refractivity contribution in [3.05, 3.63) is 79.6 Å². The Balaban J connectivity index is 1.76. The highest BCUT2D eigenvalue weighted by Gasteiger charge is 2.33. The number of hydrogen-bond acceptors (Lipinski definition) is 6. The summed E-state index contributed by atoms with van der Waals surface area (Å²) >= 11 is 3.37.